The van der Waals surface area contributed by atoms with Gasteiger partial charge in [-0.2, -0.15) is 0 Å². The van der Waals surface area contributed by atoms with Crippen LogP contribution in [-0.2, 0) is 19.1 Å². The minimum atomic E-state index is -0.854. The fourth-order valence-corrected chi connectivity index (χ4v) is 2.85. The molecule has 6 nitrogen and oxygen atoms in total. The van der Waals surface area contributed by atoms with Gasteiger partial charge in [-0.1, -0.05) is 6.07 Å². The number of nitrogens with two attached hydrogens (primary N) is 1. The highest BCUT2D eigenvalue weighted by atomic mass is 19.2. The fourth-order valence-electron chi connectivity index (χ4n) is 2.85. The molecule has 28 heavy (non-hydrogen) atoms. The molecule has 2 rings (SSSR count). The number of carbonyl (C=O) groups excluding carboxylic acids is 2. The average molecular weight is 400 g/mol. The van der Waals surface area contributed by atoms with Crippen molar-refractivity contribution in [3.8, 4) is 0 Å². The maximum absolute atomic E-state index is 13.4. The number of ether oxygens (including phenoxy) is 2. The molecule has 3 atom stereocenters. The monoisotopic (exact) mass is 400 g/mol. The number of piperidine rings is 1. The third-order valence-electron chi connectivity index (χ3n) is 4.24. The van der Waals surface area contributed by atoms with Crippen LogP contribution in [-0.4, -0.2) is 43.3 Å². The summed E-state index contributed by atoms with van der Waals surface area (Å²) in [6.07, 6.45) is 1.37. The van der Waals surface area contributed by atoms with E-state index in [0.717, 1.165) is 6.07 Å². The number of carbonyl (C=O) groups is 2. The standard InChI is InChI=1S/C15H20F2N2O2.C5H10O2/c1-9(20)21-5-4-11-7-12(15(18)8-19-11)10-2-3-13(16)14(17)6-10;1-5(2,3)7-4-6/h2-3,6,11-12,15,19H,4-5,7-8,18H2,1H3;4H,1-3H3/t11?,12-,15+;/m0./s1. The highest BCUT2D eigenvalue weighted by Gasteiger charge is 2.29. The highest BCUT2D eigenvalue weighted by Crippen LogP contribution is 2.29. The van der Waals surface area contributed by atoms with Crippen molar-refractivity contribution in [2.45, 2.75) is 64.1 Å². The Labute approximate surface area is 164 Å². The SMILES string of the molecule is CC(=O)OCCC1C[C@@H](c2ccc(F)c(F)c2)[C@H](N)CN1.CC(C)(C)OC=O. The predicted octanol–water partition coefficient (Wildman–Crippen LogP) is 2.65. The van der Waals surface area contributed by atoms with Crippen LogP contribution in [0.3, 0.4) is 0 Å². The van der Waals surface area contributed by atoms with E-state index in [0.29, 0.717) is 38.0 Å². The number of benzene rings is 1. The molecule has 1 aliphatic heterocycles. The van der Waals surface area contributed by atoms with Gasteiger partial charge in [0.05, 0.1) is 6.61 Å². The second-order valence-electron chi connectivity index (χ2n) is 7.74. The van der Waals surface area contributed by atoms with E-state index in [2.05, 4.69) is 10.1 Å². The Morgan fingerprint density at radius 2 is 2.00 bits per heavy atom. The van der Waals surface area contributed by atoms with Crippen molar-refractivity contribution in [2.75, 3.05) is 13.2 Å². The smallest absolute Gasteiger partial charge is 0.302 e. The van der Waals surface area contributed by atoms with Crippen molar-refractivity contribution >= 4 is 12.4 Å². The number of rotatable bonds is 5. The minimum absolute atomic E-state index is 0.0383. The maximum atomic E-state index is 13.4. The molecule has 0 aliphatic carbocycles. The van der Waals surface area contributed by atoms with E-state index >= 15 is 0 Å². The van der Waals surface area contributed by atoms with Crippen LogP contribution in [0.2, 0.25) is 0 Å². The van der Waals surface area contributed by atoms with Gasteiger partial charge < -0.3 is 20.5 Å². The van der Waals surface area contributed by atoms with Crippen LogP contribution in [0.15, 0.2) is 18.2 Å². The zero-order valence-electron chi connectivity index (χ0n) is 16.8. The largest absolute Gasteiger partial charge is 0.466 e. The lowest BCUT2D eigenvalue weighted by molar-refractivity contribution is -0.141. The molecular weight excluding hydrogens is 370 g/mol. The van der Waals surface area contributed by atoms with Crippen molar-refractivity contribution in [3.05, 3.63) is 35.4 Å². The van der Waals surface area contributed by atoms with E-state index in [1.165, 1.54) is 13.0 Å². The number of halogens is 2. The van der Waals surface area contributed by atoms with Crippen molar-refractivity contribution in [2.24, 2.45) is 5.73 Å². The molecule has 1 aromatic rings. The second kappa shape index (κ2) is 11.1. The van der Waals surface area contributed by atoms with Gasteiger partial charge in [0.2, 0.25) is 0 Å². The maximum Gasteiger partial charge on any atom is 0.302 e. The van der Waals surface area contributed by atoms with Crippen molar-refractivity contribution < 1.29 is 27.8 Å². The van der Waals surface area contributed by atoms with Crippen LogP contribution in [0, 0.1) is 11.6 Å². The quantitative estimate of drug-likeness (QED) is 0.583. The van der Waals surface area contributed by atoms with Crippen LogP contribution in [0.25, 0.3) is 0 Å². The molecule has 8 heteroatoms. The molecule has 0 saturated carbocycles. The van der Waals surface area contributed by atoms with Crippen LogP contribution in [0.4, 0.5) is 8.78 Å². The van der Waals surface area contributed by atoms with Gasteiger partial charge >= 0.3 is 5.97 Å². The fraction of sp³-hybridized carbons (Fsp3) is 0.600. The third kappa shape index (κ3) is 8.75. The van der Waals surface area contributed by atoms with Gasteiger partial charge in [-0.15, -0.1) is 0 Å². The van der Waals surface area contributed by atoms with Crippen LogP contribution in [0.5, 0.6) is 0 Å². The second-order valence-corrected chi connectivity index (χ2v) is 7.74. The van der Waals surface area contributed by atoms with Crippen molar-refractivity contribution in [1.82, 2.24) is 5.32 Å². The van der Waals surface area contributed by atoms with E-state index in [9.17, 15) is 18.4 Å². The lowest BCUT2D eigenvalue weighted by Gasteiger charge is -2.35. The molecule has 0 aromatic heterocycles. The molecule has 1 heterocycles. The number of nitrogens with one attached hydrogen (secondary N) is 1. The molecule has 1 aliphatic rings. The van der Waals surface area contributed by atoms with E-state index in [4.69, 9.17) is 10.5 Å². The van der Waals surface area contributed by atoms with Gasteiger partial charge in [-0.05, 0) is 51.3 Å². The Morgan fingerprint density at radius 1 is 1.32 bits per heavy atom. The number of hydrogen-bond acceptors (Lipinski definition) is 6. The summed E-state index contributed by atoms with van der Waals surface area (Å²) in [5, 5.41) is 3.28. The molecule has 0 radical (unpaired) electrons. The van der Waals surface area contributed by atoms with Gasteiger partial charge in [0, 0.05) is 31.5 Å². The highest BCUT2D eigenvalue weighted by molar-refractivity contribution is 5.65. The summed E-state index contributed by atoms with van der Waals surface area (Å²) >= 11 is 0. The van der Waals surface area contributed by atoms with Gasteiger partial charge in [-0.3, -0.25) is 9.59 Å². The molecule has 158 valence electrons. The molecule has 1 saturated heterocycles. The predicted molar refractivity (Wildman–Crippen MR) is 102 cm³/mol. The van der Waals surface area contributed by atoms with Gasteiger partial charge in [0.15, 0.2) is 11.6 Å². The lowest BCUT2D eigenvalue weighted by Crippen LogP contribution is -2.50. The molecule has 1 unspecified atom stereocenters. The summed E-state index contributed by atoms with van der Waals surface area (Å²) in [7, 11) is 0. The molecule has 0 bridgehead atoms. The lowest BCUT2D eigenvalue weighted by atomic mass is 9.82. The first-order valence-electron chi connectivity index (χ1n) is 9.22. The molecule has 1 fully saturated rings. The summed E-state index contributed by atoms with van der Waals surface area (Å²) in [6.45, 7) is 8.22. The molecule has 3 N–H and O–H groups in total. The van der Waals surface area contributed by atoms with Crippen LogP contribution < -0.4 is 11.1 Å². The number of hydrogen-bond donors (Lipinski definition) is 2. The van der Waals surface area contributed by atoms with Gasteiger partial charge in [-0.25, -0.2) is 8.78 Å². The molecule has 0 amide bonds. The first kappa shape index (κ1) is 24.0. The molecule has 0 spiro atoms. The van der Waals surface area contributed by atoms with Crippen LogP contribution >= 0.6 is 0 Å². The zero-order valence-corrected chi connectivity index (χ0v) is 16.8. The molecular formula is C20H30F2N2O4. The third-order valence-corrected chi connectivity index (χ3v) is 4.24. The minimum Gasteiger partial charge on any atom is -0.466 e. The van der Waals surface area contributed by atoms with Gasteiger partial charge in [0.25, 0.3) is 6.47 Å². The summed E-state index contributed by atoms with van der Waals surface area (Å²) in [5.74, 6) is -2.05. The average Bonchev–Trinajstić information content (AvgIpc) is 2.58. The summed E-state index contributed by atoms with van der Waals surface area (Å²) in [4.78, 5) is 20.4. The van der Waals surface area contributed by atoms with Crippen molar-refractivity contribution in [1.29, 1.82) is 0 Å². The van der Waals surface area contributed by atoms with Gasteiger partial charge in [0.1, 0.15) is 5.60 Å². The Hall–Kier alpha value is -2.06. The summed E-state index contributed by atoms with van der Waals surface area (Å²) in [5.41, 5.74) is 6.47. The van der Waals surface area contributed by atoms with Crippen molar-refractivity contribution in [3.63, 3.8) is 0 Å². The van der Waals surface area contributed by atoms with E-state index in [-0.39, 0.29) is 29.6 Å². The first-order chi connectivity index (χ1) is 13.0. The van der Waals surface area contributed by atoms with E-state index < -0.39 is 11.6 Å². The summed E-state index contributed by atoms with van der Waals surface area (Å²) < 4.78 is 35.9. The Kier molecular flexibility index (Phi) is 9.48. The Bertz CT molecular complexity index is 650. The van der Waals surface area contributed by atoms with E-state index in [1.54, 1.807) is 6.07 Å². The topological polar surface area (TPSA) is 90.7 Å². The normalized spacial score (nSPS) is 21.9. The Balaban J connectivity index is 0.000000480. The van der Waals surface area contributed by atoms with Crippen LogP contribution in [0.1, 0.15) is 52.0 Å². The number of esters is 1. The molecule has 1 aromatic carbocycles. The summed E-state index contributed by atoms with van der Waals surface area (Å²) in [6, 6.07) is 3.92. The van der Waals surface area contributed by atoms with E-state index in [1.807, 2.05) is 20.8 Å². The first-order valence-corrected chi connectivity index (χ1v) is 9.22. The Morgan fingerprint density at radius 3 is 2.50 bits per heavy atom. The zero-order chi connectivity index (χ0) is 21.3.